The molecule has 2 aliphatic rings. The lowest BCUT2D eigenvalue weighted by Gasteiger charge is -2.37. The number of aromatic nitrogens is 1. The number of hydrogen-bond acceptors (Lipinski definition) is 2. The molecule has 1 atom stereocenters. The highest BCUT2D eigenvalue weighted by Crippen LogP contribution is 2.32. The summed E-state index contributed by atoms with van der Waals surface area (Å²) < 4.78 is 0. The van der Waals surface area contributed by atoms with Gasteiger partial charge in [0, 0.05) is 43.0 Å². The number of nitrogens with zero attached hydrogens (tertiary/aromatic N) is 2. The van der Waals surface area contributed by atoms with Crippen molar-refractivity contribution in [3.63, 3.8) is 0 Å². The fourth-order valence-electron chi connectivity index (χ4n) is 3.48. The van der Waals surface area contributed by atoms with E-state index in [-0.39, 0.29) is 17.9 Å². The normalized spacial score (nSPS) is 21.1. The number of halogens is 2. The van der Waals surface area contributed by atoms with Crippen LogP contribution in [0, 0.1) is 0 Å². The molecule has 3 heterocycles. The van der Waals surface area contributed by atoms with Crippen LogP contribution < -0.4 is 0 Å². The number of carbonyl (C=O) groups is 2. The molecule has 2 aromatic rings. The van der Waals surface area contributed by atoms with Crippen LogP contribution in [-0.4, -0.2) is 52.3 Å². The minimum atomic E-state index is -0.0626. The van der Waals surface area contributed by atoms with E-state index in [0.717, 1.165) is 17.3 Å². The lowest BCUT2D eigenvalue weighted by Crippen LogP contribution is -2.53. The third-order valence-corrected chi connectivity index (χ3v) is 5.52. The molecule has 5 nitrogen and oxygen atoms in total. The molecule has 0 bridgehead atoms. The van der Waals surface area contributed by atoms with E-state index >= 15 is 0 Å². The predicted molar refractivity (Wildman–Crippen MR) is 89.0 cm³/mol. The van der Waals surface area contributed by atoms with Crippen LogP contribution in [0.2, 0.25) is 10.0 Å². The van der Waals surface area contributed by atoms with Gasteiger partial charge < -0.3 is 14.8 Å². The van der Waals surface area contributed by atoms with E-state index < -0.39 is 0 Å². The number of hydrogen-bond donors (Lipinski definition) is 1. The number of aromatic amines is 1. The first kappa shape index (κ1) is 14.8. The summed E-state index contributed by atoms with van der Waals surface area (Å²) in [7, 11) is 0. The Morgan fingerprint density at radius 1 is 1.26 bits per heavy atom. The molecule has 2 saturated heterocycles. The van der Waals surface area contributed by atoms with Crippen LogP contribution in [0.15, 0.2) is 18.2 Å². The van der Waals surface area contributed by atoms with Crippen molar-refractivity contribution in [2.24, 2.45) is 0 Å². The van der Waals surface area contributed by atoms with Crippen molar-refractivity contribution in [3.8, 4) is 0 Å². The maximum absolute atomic E-state index is 12.8. The summed E-state index contributed by atoms with van der Waals surface area (Å²) in [5.41, 5.74) is 1.29. The number of benzene rings is 1. The summed E-state index contributed by atoms with van der Waals surface area (Å²) in [5.74, 6) is 0.140. The highest BCUT2D eigenvalue weighted by molar-refractivity contribution is 6.45. The van der Waals surface area contributed by atoms with Crippen molar-refractivity contribution in [1.29, 1.82) is 0 Å². The topological polar surface area (TPSA) is 56.4 Å². The highest BCUT2D eigenvalue weighted by atomic mass is 35.5. The standard InChI is InChI=1S/C16H15Cl2N3O2/c17-11-2-3-12-10(15(11)18)7-13(19-12)16(23)20-5-6-21-9(8-20)1-4-14(21)22/h2-3,7,9,19H,1,4-6,8H2. The number of fused-ring (bicyclic) bond motifs is 2. The molecule has 1 unspecified atom stereocenters. The van der Waals surface area contributed by atoms with E-state index in [1.165, 1.54) is 0 Å². The summed E-state index contributed by atoms with van der Waals surface area (Å²) in [6, 6.07) is 5.42. The Balaban J connectivity index is 1.60. The number of nitrogens with one attached hydrogen (secondary N) is 1. The zero-order chi connectivity index (χ0) is 16.1. The molecule has 120 valence electrons. The molecule has 2 amide bonds. The van der Waals surface area contributed by atoms with Crippen molar-refractivity contribution < 1.29 is 9.59 Å². The number of H-pyrrole nitrogens is 1. The molecule has 0 spiro atoms. The minimum Gasteiger partial charge on any atom is -0.350 e. The maximum atomic E-state index is 12.8. The summed E-state index contributed by atoms with van der Waals surface area (Å²) >= 11 is 12.2. The molecule has 23 heavy (non-hydrogen) atoms. The summed E-state index contributed by atoms with van der Waals surface area (Å²) in [6.45, 7) is 1.77. The maximum Gasteiger partial charge on any atom is 0.270 e. The Hall–Kier alpha value is -1.72. The summed E-state index contributed by atoms with van der Waals surface area (Å²) in [6.07, 6.45) is 1.42. The Labute approximate surface area is 143 Å². The number of rotatable bonds is 1. The Kier molecular flexibility index (Phi) is 3.50. The SMILES string of the molecule is O=C(c1cc2c(Cl)c(Cl)ccc2[nH]1)N1CCN2C(=O)CCC2C1. The second kappa shape index (κ2) is 5.42. The number of amides is 2. The Bertz CT molecular complexity index is 817. The minimum absolute atomic E-state index is 0.0626. The second-order valence-electron chi connectivity index (χ2n) is 6.04. The third-order valence-electron chi connectivity index (χ3n) is 4.70. The van der Waals surface area contributed by atoms with Gasteiger partial charge in [-0.2, -0.15) is 0 Å². The largest absolute Gasteiger partial charge is 0.350 e. The second-order valence-corrected chi connectivity index (χ2v) is 6.82. The first-order chi connectivity index (χ1) is 11.0. The van der Waals surface area contributed by atoms with Gasteiger partial charge >= 0.3 is 0 Å². The van der Waals surface area contributed by atoms with Gasteiger partial charge in [-0.15, -0.1) is 0 Å². The third kappa shape index (κ3) is 2.39. The van der Waals surface area contributed by atoms with Crippen LogP contribution in [0.25, 0.3) is 10.9 Å². The fraction of sp³-hybridized carbons (Fsp3) is 0.375. The fourth-order valence-corrected chi connectivity index (χ4v) is 3.86. The van der Waals surface area contributed by atoms with Crippen molar-refractivity contribution in [2.45, 2.75) is 18.9 Å². The van der Waals surface area contributed by atoms with Crippen LogP contribution in [0.1, 0.15) is 23.3 Å². The van der Waals surface area contributed by atoms with Gasteiger partial charge in [0.15, 0.2) is 0 Å². The van der Waals surface area contributed by atoms with Crippen LogP contribution in [0.5, 0.6) is 0 Å². The average molecular weight is 352 g/mol. The van der Waals surface area contributed by atoms with Crippen LogP contribution in [0.3, 0.4) is 0 Å². The molecule has 0 aliphatic carbocycles. The van der Waals surface area contributed by atoms with Crippen LogP contribution in [-0.2, 0) is 4.79 Å². The van der Waals surface area contributed by atoms with E-state index in [1.54, 1.807) is 17.0 Å². The zero-order valence-electron chi connectivity index (χ0n) is 12.3. The molecular formula is C16H15Cl2N3O2. The van der Waals surface area contributed by atoms with Gasteiger partial charge in [-0.1, -0.05) is 23.2 Å². The quantitative estimate of drug-likeness (QED) is 0.858. The van der Waals surface area contributed by atoms with E-state index in [4.69, 9.17) is 23.2 Å². The molecule has 1 aromatic heterocycles. The van der Waals surface area contributed by atoms with Gasteiger partial charge in [0.25, 0.3) is 5.91 Å². The molecule has 2 fully saturated rings. The Morgan fingerprint density at radius 3 is 2.91 bits per heavy atom. The zero-order valence-corrected chi connectivity index (χ0v) is 13.8. The summed E-state index contributed by atoms with van der Waals surface area (Å²) in [4.78, 5) is 31.3. The van der Waals surface area contributed by atoms with Gasteiger partial charge in [-0.05, 0) is 24.6 Å². The molecule has 1 aromatic carbocycles. The lowest BCUT2D eigenvalue weighted by molar-refractivity contribution is -0.130. The highest BCUT2D eigenvalue weighted by Gasteiger charge is 2.37. The van der Waals surface area contributed by atoms with E-state index in [0.29, 0.717) is 41.8 Å². The van der Waals surface area contributed by atoms with Crippen LogP contribution >= 0.6 is 23.2 Å². The van der Waals surface area contributed by atoms with Gasteiger partial charge in [-0.25, -0.2) is 0 Å². The Morgan fingerprint density at radius 2 is 2.09 bits per heavy atom. The van der Waals surface area contributed by atoms with E-state index in [1.807, 2.05) is 11.0 Å². The smallest absolute Gasteiger partial charge is 0.270 e. The van der Waals surface area contributed by atoms with Gasteiger partial charge in [0.05, 0.1) is 10.0 Å². The van der Waals surface area contributed by atoms with E-state index in [9.17, 15) is 9.59 Å². The molecule has 1 N–H and O–H groups in total. The molecule has 7 heteroatoms. The lowest BCUT2D eigenvalue weighted by atomic mass is 10.1. The van der Waals surface area contributed by atoms with Gasteiger partial charge in [0.2, 0.25) is 5.91 Å². The predicted octanol–water partition coefficient (Wildman–Crippen LogP) is 2.92. The molecule has 0 saturated carbocycles. The monoisotopic (exact) mass is 351 g/mol. The summed E-state index contributed by atoms with van der Waals surface area (Å²) in [5, 5.41) is 1.66. The molecule has 0 radical (unpaired) electrons. The van der Waals surface area contributed by atoms with Crippen molar-refractivity contribution in [3.05, 3.63) is 33.9 Å². The van der Waals surface area contributed by atoms with Crippen molar-refractivity contribution >= 4 is 45.9 Å². The molecule has 2 aliphatic heterocycles. The number of carbonyl (C=O) groups excluding carboxylic acids is 2. The van der Waals surface area contributed by atoms with Crippen LogP contribution in [0.4, 0.5) is 0 Å². The van der Waals surface area contributed by atoms with Gasteiger partial charge in [-0.3, -0.25) is 9.59 Å². The average Bonchev–Trinajstić information content (AvgIpc) is 3.15. The van der Waals surface area contributed by atoms with E-state index in [2.05, 4.69) is 4.98 Å². The number of piperazine rings is 1. The molecular weight excluding hydrogens is 337 g/mol. The first-order valence-electron chi connectivity index (χ1n) is 7.60. The molecule has 4 rings (SSSR count). The first-order valence-corrected chi connectivity index (χ1v) is 8.35. The van der Waals surface area contributed by atoms with Crippen molar-refractivity contribution in [1.82, 2.24) is 14.8 Å². The van der Waals surface area contributed by atoms with Gasteiger partial charge in [0.1, 0.15) is 5.69 Å². The van der Waals surface area contributed by atoms with Crippen molar-refractivity contribution in [2.75, 3.05) is 19.6 Å².